The number of carbonyl (C=O) groups excluding carboxylic acids is 8. The fourth-order valence-electron chi connectivity index (χ4n) is 4.70. The van der Waals surface area contributed by atoms with Crippen molar-refractivity contribution in [2.24, 2.45) is 11.5 Å². The number of rotatable bonds is 18. The third-order valence-electron chi connectivity index (χ3n) is 7.78. The molecule has 1 heterocycles. The Morgan fingerprint density at radius 3 is 1.58 bits per heavy atom. The number of carbonyl (C=O) groups is 8. The Bertz CT molecular complexity index is 1260. The smallest absolute Gasteiger partial charge is 0.248 e. The number of nitrogens with two attached hydrogens (primary N) is 2. The summed E-state index contributed by atoms with van der Waals surface area (Å²) < 4.78 is 0. The highest BCUT2D eigenvalue weighted by molar-refractivity contribution is 5.98. The van der Waals surface area contributed by atoms with E-state index in [1.54, 1.807) is 0 Å². The van der Waals surface area contributed by atoms with Crippen molar-refractivity contribution in [3.05, 3.63) is 0 Å². The number of hydrogen-bond acceptors (Lipinski definition) is 13. The summed E-state index contributed by atoms with van der Waals surface area (Å²) in [5, 5.41) is 54.2. The van der Waals surface area contributed by atoms with Gasteiger partial charge in [-0.15, -0.1) is 0 Å². The zero-order valence-corrected chi connectivity index (χ0v) is 28.8. The van der Waals surface area contributed by atoms with Gasteiger partial charge in [0, 0.05) is 6.54 Å². The Balaban J connectivity index is 3.07. The molecule has 0 spiro atoms. The molecular weight excluding hydrogens is 666 g/mol. The van der Waals surface area contributed by atoms with Crippen LogP contribution in [0.5, 0.6) is 0 Å². The number of nitrogens with one attached hydrogen (secondary N) is 6. The molecule has 1 saturated heterocycles. The summed E-state index contributed by atoms with van der Waals surface area (Å²) in [7, 11) is 0. The zero-order chi connectivity index (χ0) is 38.6. The first-order valence-corrected chi connectivity index (χ1v) is 16.0. The number of hydrogen-bond donors (Lipinski definition) is 12. The van der Waals surface area contributed by atoms with Crippen molar-refractivity contribution in [1.82, 2.24) is 36.8 Å². The van der Waals surface area contributed by atoms with Gasteiger partial charge in [0.15, 0.2) is 0 Å². The molecule has 0 aromatic heterocycles. The molecule has 0 unspecified atom stereocenters. The lowest BCUT2D eigenvalue weighted by Crippen LogP contribution is -2.64. The fraction of sp³-hybridized carbons (Fsp3) is 0.724. The lowest BCUT2D eigenvalue weighted by atomic mass is 10.1. The number of amides is 8. The summed E-state index contributed by atoms with van der Waals surface area (Å²) in [6.07, 6.45) is -4.19. The van der Waals surface area contributed by atoms with Gasteiger partial charge in [-0.3, -0.25) is 38.4 Å². The van der Waals surface area contributed by atoms with Crippen molar-refractivity contribution in [3.63, 3.8) is 0 Å². The van der Waals surface area contributed by atoms with Crippen LogP contribution in [-0.2, 0) is 38.4 Å². The molecule has 11 atom stereocenters. The Morgan fingerprint density at radius 1 is 0.660 bits per heavy atom. The van der Waals surface area contributed by atoms with Gasteiger partial charge in [-0.2, -0.15) is 0 Å². The fourth-order valence-corrected chi connectivity index (χ4v) is 4.70. The molecule has 0 aliphatic carbocycles. The molecule has 21 nitrogen and oxygen atoms in total. The van der Waals surface area contributed by atoms with E-state index in [2.05, 4.69) is 31.9 Å². The van der Waals surface area contributed by atoms with Crippen LogP contribution in [0, 0.1) is 0 Å². The molecule has 21 heteroatoms. The minimum Gasteiger partial charge on any atom is -0.394 e. The molecule has 0 bridgehead atoms. The Hall–Kier alpha value is -4.44. The van der Waals surface area contributed by atoms with Crippen LogP contribution in [0.4, 0.5) is 0 Å². The van der Waals surface area contributed by atoms with Crippen LogP contribution in [0.15, 0.2) is 0 Å². The largest absolute Gasteiger partial charge is 0.394 e. The number of likely N-dealkylation sites (tertiary alicyclic amines) is 1. The first-order chi connectivity index (χ1) is 23.1. The molecule has 1 fully saturated rings. The molecular formula is C29H51N9O12. The first-order valence-electron chi connectivity index (χ1n) is 16.0. The summed E-state index contributed by atoms with van der Waals surface area (Å²) in [5.41, 5.74) is 10.6. The van der Waals surface area contributed by atoms with Crippen LogP contribution in [0.2, 0.25) is 0 Å². The number of nitrogens with zero attached hydrogens (tertiary/aromatic N) is 1. The van der Waals surface area contributed by atoms with Crippen LogP contribution in [0.1, 0.15) is 54.4 Å². The third kappa shape index (κ3) is 12.5. The van der Waals surface area contributed by atoms with Gasteiger partial charge in [0.05, 0.1) is 31.0 Å². The van der Waals surface area contributed by atoms with E-state index in [1.807, 2.05) is 0 Å². The second-order valence-electron chi connectivity index (χ2n) is 12.3. The van der Waals surface area contributed by atoms with E-state index in [9.17, 15) is 58.8 Å². The van der Waals surface area contributed by atoms with Crippen molar-refractivity contribution in [2.75, 3.05) is 13.2 Å². The summed E-state index contributed by atoms with van der Waals surface area (Å²) in [4.78, 5) is 102. The average Bonchev–Trinajstić information content (AvgIpc) is 3.52. The normalized spacial score (nSPS) is 20.2. The Morgan fingerprint density at radius 2 is 1.14 bits per heavy atom. The third-order valence-corrected chi connectivity index (χ3v) is 7.78. The van der Waals surface area contributed by atoms with Crippen LogP contribution in [0.25, 0.3) is 0 Å². The van der Waals surface area contributed by atoms with Gasteiger partial charge >= 0.3 is 0 Å². The van der Waals surface area contributed by atoms with Crippen molar-refractivity contribution < 1.29 is 58.8 Å². The molecule has 0 aromatic carbocycles. The highest BCUT2D eigenvalue weighted by atomic mass is 16.3. The first kappa shape index (κ1) is 43.6. The minimum atomic E-state index is -1.81. The lowest BCUT2D eigenvalue weighted by molar-refractivity contribution is -0.145. The van der Waals surface area contributed by atoms with Gasteiger partial charge in [0.2, 0.25) is 47.3 Å². The molecule has 1 rings (SSSR count). The summed E-state index contributed by atoms with van der Waals surface area (Å²) >= 11 is 0. The minimum absolute atomic E-state index is 0.0725. The zero-order valence-electron chi connectivity index (χ0n) is 28.8. The van der Waals surface area contributed by atoms with Crippen molar-refractivity contribution >= 4 is 47.3 Å². The van der Waals surface area contributed by atoms with Crippen LogP contribution < -0.4 is 43.4 Å². The second kappa shape index (κ2) is 19.7. The number of primary amides is 1. The number of aliphatic hydroxyl groups is 4. The van der Waals surface area contributed by atoms with Crippen molar-refractivity contribution in [3.8, 4) is 0 Å². The quantitative estimate of drug-likeness (QED) is 0.0628. The van der Waals surface area contributed by atoms with Crippen molar-refractivity contribution in [2.45, 2.75) is 121 Å². The summed E-state index contributed by atoms with van der Waals surface area (Å²) in [5.74, 6) is -7.40. The Kier molecular flexibility index (Phi) is 17.1. The molecule has 14 N–H and O–H groups in total. The predicted molar refractivity (Wildman–Crippen MR) is 173 cm³/mol. The van der Waals surface area contributed by atoms with E-state index in [-0.39, 0.29) is 13.0 Å². The Labute approximate surface area is 288 Å². The molecule has 0 radical (unpaired) electrons. The second-order valence-corrected chi connectivity index (χ2v) is 12.3. The SMILES string of the molecule is C[C@H](N)C(=O)N[C@@H](C)C(=O)N[C@@H](CO)C(=O)N[C@H](C(=O)N[C@H](C(=O)N[C@H](C(=O)N1CCC[C@H]1C(=O)N[C@@H](C)C(N)=O)[C@@H](C)O)[C@@H](C)O)[C@@H](C)O. The van der Waals surface area contributed by atoms with Gasteiger partial charge < -0.3 is 68.7 Å². The standard InChI is InChI=1S/C29H51N9O12/c1-11(30)23(44)33-13(3)24(45)34-17(10-39)25(46)35-19(14(4)40)27(48)36-20(15(5)41)28(49)37-21(16(6)42)29(50)38-9-7-8-18(38)26(47)32-12(2)22(31)43/h11-21,39-42H,7-10,30H2,1-6H3,(H2,31,43)(H,32,47)(H,33,44)(H,34,45)(H,35,46)(H,36,48)(H,37,49)/t11-,12-,13-,14+,15+,16+,17-,18-,19-,20-,21-/m0/s1. The predicted octanol–water partition coefficient (Wildman–Crippen LogP) is -7.11. The molecule has 284 valence electrons. The van der Waals surface area contributed by atoms with E-state index in [0.29, 0.717) is 6.42 Å². The van der Waals surface area contributed by atoms with E-state index in [1.165, 1.54) is 27.7 Å². The van der Waals surface area contributed by atoms with E-state index < -0.39 is 121 Å². The average molecular weight is 718 g/mol. The van der Waals surface area contributed by atoms with E-state index in [0.717, 1.165) is 18.7 Å². The van der Waals surface area contributed by atoms with Gasteiger partial charge in [0.25, 0.3) is 0 Å². The molecule has 0 saturated carbocycles. The highest BCUT2D eigenvalue weighted by Gasteiger charge is 2.41. The van der Waals surface area contributed by atoms with E-state index >= 15 is 0 Å². The summed E-state index contributed by atoms with van der Waals surface area (Å²) in [6.45, 7) is 6.54. The molecule has 1 aliphatic heterocycles. The molecule has 50 heavy (non-hydrogen) atoms. The maximum Gasteiger partial charge on any atom is 0.248 e. The molecule has 8 amide bonds. The van der Waals surface area contributed by atoms with Crippen LogP contribution >= 0.6 is 0 Å². The van der Waals surface area contributed by atoms with Crippen LogP contribution in [-0.4, -0.2) is 152 Å². The topological polar surface area (TPSA) is 345 Å². The van der Waals surface area contributed by atoms with E-state index in [4.69, 9.17) is 11.5 Å². The van der Waals surface area contributed by atoms with Crippen LogP contribution in [0.3, 0.4) is 0 Å². The maximum absolute atomic E-state index is 13.5. The van der Waals surface area contributed by atoms with Gasteiger partial charge in [0.1, 0.15) is 42.3 Å². The van der Waals surface area contributed by atoms with Gasteiger partial charge in [-0.1, -0.05) is 0 Å². The van der Waals surface area contributed by atoms with Gasteiger partial charge in [-0.25, -0.2) is 0 Å². The molecule has 1 aliphatic rings. The number of aliphatic hydroxyl groups excluding tert-OH is 4. The lowest BCUT2D eigenvalue weighted by Gasteiger charge is -2.32. The van der Waals surface area contributed by atoms with Crippen molar-refractivity contribution in [1.29, 1.82) is 0 Å². The summed E-state index contributed by atoms with van der Waals surface area (Å²) in [6, 6.07) is -11.1. The molecule has 0 aromatic rings. The maximum atomic E-state index is 13.5. The highest BCUT2D eigenvalue weighted by Crippen LogP contribution is 2.20. The van der Waals surface area contributed by atoms with Gasteiger partial charge in [-0.05, 0) is 54.4 Å². The monoisotopic (exact) mass is 717 g/mol.